The first-order valence-electron chi connectivity index (χ1n) is 7.93. The van der Waals surface area contributed by atoms with E-state index in [0.29, 0.717) is 31.7 Å². The van der Waals surface area contributed by atoms with Crippen molar-refractivity contribution in [2.75, 3.05) is 20.1 Å². The SMILES string of the molecule is Cc1ncsc1CN1C[C@@H](F)C[C@H]1CN(C)C(=O)Cc1ccon1. The topological polar surface area (TPSA) is 62.5 Å². The second kappa shape index (κ2) is 7.40. The number of halogens is 1. The minimum Gasteiger partial charge on any atom is -0.364 e. The molecule has 1 saturated heterocycles. The highest BCUT2D eigenvalue weighted by molar-refractivity contribution is 7.09. The Labute approximate surface area is 144 Å². The number of carbonyl (C=O) groups excluding carboxylic acids is 1. The number of hydrogen-bond acceptors (Lipinski definition) is 6. The molecular weight excluding hydrogens is 331 g/mol. The zero-order valence-corrected chi connectivity index (χ0v) is 14.6. The fourth-order valence-electron chi connectivity index (χ4n) is 3.01. The molecule has 8 heteroatoms. The Morgan fingerprint density at radius 1 is 1.58 bits per heavy atom. The molecule has 130 valence electrons. The average Bonchev–Trinajstić information content (AvgIpc) is 3.24. The van der Waals surface area contributed by atoms with Gasteiger partial charge in [-0.25, -0.2) is 9.37 Å². The predicted octanol–water partition coefficient (Wildman–Crippen LogP) is 2.05. The number of aryl methyl sites for hydroxylation is 1. The molecular formula is C16H21FN4O2S. The fourth-order valence-corrected chi connectivity index (χ4v) is 3.81. The summed E-state index contributed by atoms with van der Waals surface area (Å²) in [6.07, 6.45) is 1.26. The highest BCUT2D eigenvalue weighted by Gasteiger charge is 2.34. The number of alkyl halides is 1. The first-order chi connectivity index (χ1) is 11.5. The van der Waals surface area contributed by atoms with Crippen LogP contribution in [0, 0.1) is 6.92 Å². The Balaban J connectivity index is 1.59. The van der Waals surface area contributed by atoms with Crippen molar-refractivity contribution in [2.24, 2.45) is 0 Å². The molecule has 0 aliphatic carbocycles. The van der Waals surface area contributed by atoms with Gasteiger partial charge < -0.3 is 9.42 Å². The number of amides is 1. The van der Waals surface area contributed by atoms with Crippen LogP contribution in [0.4, 0.5) is 4.39 Å². The van der Waals surface area contributed by atoms with Crippen molar-refractivity contribution in [3.8, 4) is 0 Å². The van der Waals surface area contributed by atoms with Crippen molar-refractivity contribution >= 4 is 17.2 Å². The Bertz CT molecular complexity index is 675. The van der Waals surface area contributed by atoms with Crippen molar-refractivity contribution in [1.29, 1.82) is 0 Å². The van der Waals surface area contributed by atoms with E-state index in [9.17, 15) is 9.18 Å². The van der Waals surface area contributed by atoms with Gasteiger partial charge in [0.2, 0.25) is 5.91 Å². The summed E-state index contributed by atoms with van der Waals surface area (Å²) in [5.74, 6) is -0.0415. The lowest BCUT2D eigenvalue weighted by atomic mass is 10.2. The summed E-state index contributed by atoms with van der Waals surface area (Å²) in [6, 6.07) is 1.70. The summed E-state index contributed by atoms with van der Waals surface area (Å²) >= 11 is 1.59. The van der Waals surface area contributed by atoms with Crippen molar-refractivity contribution in [3.63, 3.8) is 0 Å². The van der Waals surface area contributed by atoms with E-state index in [2.05, 4.69) is 15.0 Å². The first kappa shape index (κ1) is 17.0. The number of likely N-dealkylation sites (N-methyl/N-ethyl adjacent to an activating group) is 1. The van der Waals surface area contributed by atoms with Crippen molar-refractivity contribution < 1.29 is 13.7 Å². The number of thiazole rings is 1. The zero-order chi connectivity index (χ0) is 17.1. The molecule has 1 amide bonds. The van der Waals surface area contributed by atoms with Gasteiger partial charge in [-0.3, -0.25) is 9.69 Å². The van der Waals surface area contributed by atoms with Gasteiger partial charge in [-0.05, 0) is 13.3 Å². The van der Waals surface area contributed by atoms with Gasteiger partial charge in [-0.2, -0.15) is 0 Å². The van der Waals surface area contributed by atoms with Gasteiger partial charge in [-0.15, -0.1) is 11.3 Å². The number of hydrogen-bond donors (Lipinski definition) is 0. The molecule has 1 aliphatic rings. The van der Waals surface area contributed by atoms with Crippen LogP contribution < -0.4 is 0 Å². The molecule has 1 aliphatic heterocycles. The number of nitrogens with zero attached hydrogens (tertiary/aromatic N) is 4. The molecule has 0 aromatic carbocycles. The zero-order valence-electron chi connectivity index (χ0n) is 13.8. The third-order valence-electron chi connectivity index (χ3n) is 4.40. The Kier molecular flexibility index (Phi) is 5.25. The van der Waals surface area contributed by atoms with Gasteiger partial charge >= 0.3 is 0 Å². The smallest absolute Gasteiger partial charge is 0.228 e. The van der Waals surface area contributed by atoms with Crippen LogP contribution in [-0.4, -0.2) is 58.2 Å². The lowest BCUT2D eigenvalue weighted by molar-refractivity contribution is -0.129. The molecule has 2 aromatic heterocycles. The first-order valence-corrected chi connectivity index (χ1v) is 8.81. The number of likely N-dealkylation sites (tertiary alicyclic amines) is 1. The van der Waals surface area contributed by atoms with Crippen molar-refractivity contribution in [3.05, 3.63) is 34.1 Å². The fraction of sp³-hybridized carbons (Fsp3) is 0.562. The lowest BCUT2D eigenvalue weighted by Gasteiger charge is -2.28. The van der Waals surface area contributed by atoms with E-state index in [1.807, 2.05) is 12.4 Å². The molecule has 0 spiro atoms. The summed E-state index contributed by atoms with van der Waals surface area (Å²) < 4.78 is 18.7. The molecule has 3 rings (SSSR count). The maximum absolute atomic E-state index is 13.9. The molecule has 3 heterocycles. The molecule has 24 heavy (non-hydrogen) atoms. The molecule has 0 bridgehead atoms. The highest BCUT2D eigenvalue weighted by atomic mass is 32.1. The maximum atomic E-state index is 13.9. The molecule has 2 atom stereocenters. The molecule has 0 radical (unpaired) electrons. The molecule has 0 N–H and O–H groups in total. The molecule has 1 fully saturated rings. The Morgan fingerprint density at radius 3 is 3.08 bits per heavy atom. The van der Waals surface area contributed by atoms with E-state index in [4.69, 9.17) is 4.52 Å². The van der Waals surface area contributed by atoms with E-state index in [1.54, 1.807) is 29.4 Å². The van der Waals surface area contributed by atoms with Gasteiger partial charge in [0.15, 0.2) is 0 Å². The third kappa shape index (κ3) is 3.99. The molecule has 0 saturated carbocycles. The van der Waals surface area contributed by atoms with E-state index >= 15 is 0 Å². The maximum Gasteiger partial charge on any atom is 0.228 e. The summed E-state index contributed by atoms with van der Waals surface area (Å²) in [5.41, 5.74) is 3.42. The third-order valence-corrected chi connectivity index (χ3v) is 5.32. The van der Waals surface area contributed by atoms with Crippen LogP contribution in [0.3, 0.4) is 0 Å². The second-order valence-electron chi connectivity index (χ2n) is 6.22. The summed E-state index contributed by atoms with van der Waals surface area (Å²) in [6.45, 7) is 3.58. The van der Waals surface area contributed by atoms with Crippen LogP contribution in [0.1, 0.15) is 22.7 Å². The minimum absolute atomic E-state index is 0.0211. The van der Waals surface area contributed by atoms with Crippen LogP contribution in [-0.2, 0) is 17.8 Å². The average molecular weight is 352 g/mol. The van der Waals surface area contributed by atoms with Crippen molar-refractivity contribution in [2.45, 2.75) is 38.5 Å². The number of rotatable bonds is 6. The van der Waals surface area contributed by atoms with Gasteiger partial charge in [0.05, 0.1) is 23.3 Å². The van der Waals surface area contributed by atoms with Crippen LogP contribution in [0.5, 0.6) is 0 Å². The lowest BCUT2D eigenvalue weighted by Crippen LogP contribution is -2.41. The standard InChI is InChI=1S/C16H21FN4O2S/c1-11-15(24-10-18-11)9-21-7-12(17)5-14(21)8-20(2)16(22)6-13-3-4-23-19-13/h3-4,10,12,14H,5-9H2,1-2H3/t12-,14-/m0/s1. The van der Waals surface area contributed by atoms with Gasteiger partial charge in [0.25, 0.3) is 0 Å². The summed E-state index contributed by atoms with van der Waals surface area (Å²) in [4.78, 5) is 21.5. The highest BCUT2D eigenvalue weighted by Crippen LogP contribution is 2.25. The predicted molar refractivity (Wildman–Crippen MR) is 88.4 cm³/mol. The second-order valence-corrected chi connectivity index (χ2v) is 7.16. The number of aromatic nitrogens is 2. The van der Waals surface area contributed by atoms with Crippen LogP contribution >= 0.6 is 11.3 Å². The normalized spacial score (nSPS) is 21.3. The largest absolute Gasteiger partial charge is 0.364 e. The van der Waals surface area contributed by atoms with Gasteiger partial charge in [0.1, 0.15) is 12.4 Å². The number of carbonyl (C=O) groups is 1. The monoisotopic (exact) mass is 352 g/mol. The minimum atomic E-state index is -0.845. The quantitative estimate of drug-likeness (QED) is 0.796. The van der Waals surface area contributed by atoms with Gasteiger partial charge in [-0.1, -0.05) is 5.16 Å². The molecule has 0 unspecified atom stereocenters. The Hall–Kier alpha value is -1.80. The summed E-state index contributed by atoms with van der Waals surface area (Å²) in [5, 5.41) is 3.76. The molecule has 6 nitrogen and oxygen atoms in total. The van der Waals surface area contributed by atoms with E-state index in [0.717, 1.165) is 10.6 Å². The molecule has 2 aromatic rings. The van der Waals surface area contributed by atoms with E-state index in [1.165, 1.54) is 6.26 Å². The van der Waals surface area contributed by atoms with Crippen LogP contribution in [0.15, 0.2) is 22.4 Å². The van der Waals surface area contributed by atoms with E-state index in [-0.39, 0.29) is 18.4 Å². The summed E-state index contributed by atoms with van der Waals surface area (Å²) in [7, 11) is 1.75. The van der Waals surface area contributed by atoms with Crippen LogP contribution in [0.25, 0.3) is 0 Å². The van der Waals surface area contributed by atoms with Crippen LogP contribution in [0.2, 0.25) is 0 Å². The van der Waals surface area contributed by atoms with Crippen molar-refractivity contribution in [1.82, 2.24) is 19.9 Å². The van der Waals surface area contributed by atoms with E-state index < -0.39 is 6.17 Å². The van der Waals surface area contributed by atoms with Gasteiger partial charge in [0, 0.05) is 43.7 Å². The Morgan fingerprint density at radius 2 is 2.42 bits per heavy atom.